The molecular formula is C13H11ClF3N3O2. The summed E-state index contributed by atoms with van der Waals surface area (Å²) in [5.74, 6) is -1.76. The Morgan fingerprint density at radius 2 is 2.14 bits per heavy atom. The first-order valence-electron chi connectivity index (χ1n) is 6.27. The normalized spacial score (nSPS) is 11.5. The van der Waals surface area contributed by atoms with E-state index in [4.69, 9.17) is 11.6 Å². The average molecular weight is 334 g/mol. The van der Waals surface area contributed by atoms with E-state index in [0.717, 1.165) is 0 Å². The van der Waals surface area contributed by atoms with Gasteiger partial charge in [-0.2, -0.15) is 18.2 Å². The Kier molecular flexibility index (Phi) is 4.70. The van der Waals surface area contributed by atoms with Crippen LogP contribution in [-0.2, 0) is 17.5 Å². The summed E-state index contributed by atoms with van der Waals surface area (Å²) in [6.45, 7) is 1.94. The molecule has 1 N–H and O–H groups in total. The molecule has 1 heterocycles. The van der Waals surface area contributed by atoms with E-state index >= 15 is 0 Å². The monoisotopic (exact) mass is 333 g/mol. The highest BCUT2D eigenvalue weighted by molar-refractivity contribution is 6.31. The summed E-state index contributed by atoms with van der Waals surface area (Å²) in [6, 6.07) is 4.50. The first-order valence-corrected chi connectivity index (χ1v) is 6.65. The van der Waals surface area contributed by atoms with Gasteiger partial charge >= 0.3 is 12.1 Å². The standard InChI is InChI=1S/C13H11ClF3N3O2/c1-2-10(21)18-6-8-4-3-7(5-9(8)14)11-19-12(22-20-11)13(15,16)17/h3-5H,2,6H2,1H3,(H,18,21). The van der Waals surface area contributed by atoms with Crippen molar-refractivity contribution in [1.29, 1.82) is 0 Å². The van der Waals surface area contributed by atoms with Gasteiger partial charge in [-0.3, -0.25) is 4.79 Å². The second-order valence-corrected chi connectivity index (χ2v) is 4.76. The molecule has 0 aliphatic rings. The van der Waals surface area contributed by atoms with Gasteiger partial charge in [0.1, 0.15) is 0 Å². The number of carbonyl (C=O) groups is 1. The molecule has 2 aromatic rings. The van der Waals surface area contributed by atoms with Crippen LogP contribution in [0.2, 0.25) is 5.02 Å². The second-order valence-electron chi connectivity index (χ2n) is 4.36. The number of nitrogens with one attached hydrogen (secondary N) is 1. The highest BCUT2D eigenvalue weighted by atomic mass is 35.5. The van der Waals surface area contributed by atoms with Gasteiger partial charge in [0.05, 0.1) is 0 Å². The van der Waals surface area contributed by atoms with E-state index in [9.17, 15) is 18.0 Å². The van der Waals surface area contributed by atoms with Crippen LogP contribution in [0.4, 0.5) is 13.2 Å². The molecule has 1 amide bonds. The highest BCUT2D eigenvalue weighted by Gasteiger charge is 2.38. The third-order valence-corrected chi connectivity index (χ3v) is 3.13. The van der Waals surface area contributed by atoms with E-state index < -0.39 is 12.1 Å². The van der Waals surface area contributed by atoms with Gasteiger partial charge in [0, 0.05) is 23.6 Å². The lowest BCUT2D eigenvalue weighted by Gasteiger charge is -2.07. The lowest BCUT2D eigenvalue weighted by Crippen LogP contribution is -2.21. The Labute approximate surface area is 128 Å². The van der Waals surface area contributed by atoms with Crippen LogP contribution in [0.3, 0.4) is 0 Å². The van der Waals surface area contributed by atoms with Crippen LogP contribution in [0.15, 0.2) is 22.7 Å². The highest BCUT2D eigenvalue weighted by Crippen LogP contribution is 2.30. The molecule has 1 aromatic heterocycles. The number of benzene rings is 1. The Balaban J connectivity index is 2.18. The van der Waals surface area contributed by atoms with Crippen LogP contribution in [0, 0.1) is 0 Å². The third-order valence-electron chi connectivity index (χ3n) is 2.78. The van der Waals surface area contributed by atoms with Crippen LogP contribution in [-0.4, -0.2) is 16.0 Å². The summed E-state index contributed by atoms with van der Waals surface area (Å²) in [4.78, 5) is 14.5. The first-order chi connectivity index (χ1) is 10.3. The summed E-state index contributed by atoms with van der Waals surface area (Å²) >= 11 is 6.04. The maximum absolute atomic E-state index is 12.4. The molecule has 5 nitrogen and oxygen atoms in total. The van der Waals surface area contributed by atoms with Crippen molar-refractivity contribution < 1.29 is 22.5 Å². The van der Waals surface area contributed by atoms with Crippen molar-refractivity contribution in [2.75, 3.05) is 0 Å². The van der Waals surface area contributed by atoms with Crippen molar-refractivity contribution in [3.05, 3.63) is 34.7 Å². The van der Waals surface area contributed by atoms with E-state index in [1.54, 1.807) is 13.0 Å². The van der Waals surface area contributed by atoms with E-state index in [1.807, 2.05) is 0 Å². The molecule has 0 atom stereocenters. The van der Waals surface area contributed by atoms with Crippen molar-refractivity contribution in [2.24, 2.45) is 0 Å². The minimum Gasteiger partial charge on any atom is -0.352 e. The maximum Gasteiger partial charge on any atom is 0.471 e. The Morgan fingerprint density at radius 3 is 2.68 bits per heavy atom. The fraction of sp³-hybridized carbons (Fsp3) is 0.308. The Morgan fingerprint density at radius 1 is 1.41 bits per heavy atom. The molecule has 2 rings (SSSR count). The Bertz CT molecular complexity index is 685. The molecule has 22 heavy (non-hydrogen) atoms. The van der Waals surface area contributed by atoms with E-state index in [-0.39, 0.29) is 28.9 Å². The number of nitrogens with zero attached hydrogens (tertiary/aromatic N) is 2. The van der Waals surface area contributed by atoms with Crippen LogP contribution in [0.5, 0.6) is 0 Å². The molecule has 0 radical (unpaired) electrons. The van der Waals surface area contributed by atoms with Gasteiger partial charge in [-0.1, -0.05) is 35.8 Å². The lowest BCUT2D eigenvalue weighted by atomic mass is 10.1. The van der Waals surface area contributed by atoms with Crippen LogP contribution in [0.25, 0.3) is 11.4 Å². The summed E-state index contributed by atoms with van der Waals surface area (Å²) < 4.78 is 41.4. The molecule has 0 bridgehead atoms. The van der Waals surface area contributed by atoms with Crippen molar-refractivity contribution >= 4 is 17.5 Å². The number of hydrogen-bond donors (Lipinski definition) is 1. The van der Waals surface area contributed by atoms with Gasteiger partial charge in [0.2, 0.25) is 11.7 Å². The van der Waals surface area contributed by atoms with Crippen molar-refractivity contribution in [3.63, 3.8) is 0 Å². The predicted molar refractivity (Wildman–Crippen MR) is 71.9 cm³/mol. The van der Waals surface area contributed by atoms with E-state index in [0.29, 0.717) is 12.0 Å². The number of aromatic nitrogens is 2. The molecular weight excluding hydrogens is 323 g/mol. The molecule has 118 valence electrons. The van der Waals surface area contributed by atoms with E-state index in [2.05, 4.69) is 20.0 Å². The zero-order chi connectivity index (χ0) is 16.3. The summed E-state index contributed by atoms with van der Waals surface area (Å²) in [6.07, 6.45) is -4.35. The second kappa shape index (κ2) is 6.35. The number of amides is 1. The fourth-order valence-corrected chi connectivity index (χ4v) is 1.85. The van der Waals surface area contributed by atoms with Crippen LogP contribution in [0.1, 0.15) is 24.8 Å². The molecule has 0 aliphatic heterocycles. The molecule has 0 fully saturated rings. The Hall–Kier alpha value is -2.09. The number of alkyl halides is 3. The summed E-state index contributed by atoms with van der Waals surface area (Å²) in [7, 11) is 0. The third kappa shape index (κ3) is 3.76. The number of carbonyl (C=O) groups excluding carboxylic acids is 1. The lowest BCUT2D eigenvalue weighted by molar-refractivity contribution is -0.159. The summed E-state index contributed by atoms with van der Waals surface area (Å²) in [5, 5.41) is 6.21. The fourth-order valence-electron chi connectivity index (χ4n) is 1.60. The number of rotatable bonds is 4. The smallest absolute Gasteiger partial charge is 0.352 e. The molecule has 0 saturated heterocycles. The maximum atomic E-state index is 12.4. The van der Waals surface area contributed by atoms with Gasteiger partial charge in [-0.25, -0.2) is 0 Å². The molecule has 9 heteroatoms. The van der Waals surface area contributed by atoms with Crippen LogP contribution < -0.4 is 5.32 Å². The molecule has 0 saturated carbocycles. The van der Waals surface area contributed by atoms with Crippen molar-refractivity contribution in [2.45, 2.75) is 26.1 Å². The van der Waals surface area contributed by atoms with Crippen molar-refractivity contribution in [1.82, 2.24) is 15.5 Å². The molecule has 1 aromatic carbocycles. The molecule has 0 spiro atoms. The summed E-state index contributed by atoms with van der Waals surface area (Å²) in [5.41, 5.74) is 0.918. The number of hydrogen-bond acceptors (Lipinski definition) is 4. The quantitative estimate of drug-likeness (QED) is 0.930. The SMILES string of the molecule is CCC(=O)NCc1ccc(-c2noc(C(F)(F)F)n2)cc1Cl. The molecule has 0 unspecified atom stereocenters. The van der Waals surface area contributed by atoms with Gasteiger partial charge in [0.15, 0.2) is 0 Å². The zero-order valence-corrected chi connectivity index (χ0v) is 12.1. The van der Waals surface area contributed by atoms with Gasteiger partial charge in [0.25, 0.3) is 0 Å². The largest absolute Gasteiger partial charge is 0.471 e. The van der Waals surface area contributed by atoms with Crippen LogP contribution >= 0.6 is 11.6 Å². The topological polar surface area (TPSA) is 68.0 Å². The van der Waals surface area contributed by atoms with Crippen molar-refractivity contribution in [3.8, 4) is 11.4 Å². The average Bonchev–Trinajstić information content (AvgIpc) is 2.95. The van der Waals surface area contributed by atoms with Gasteiger partial charge in [-0.05, 0) is 11.6 Å². The minimum absolute atomic E-state index is 0.131. The van der Waals surface area contributed by atoms with Gasteiger partial charge in [-0.15, -0.1) is 0 Å². The molecule has 0 aliphatic carbocycles. The minimum atomic E-state index is -4.70. The predicted octanol–water partition coefficient (Wildman–Crippen LogP) is 3.44. The zero-order valence-electron chi connectivity index (χ0n) is 11.4. The first kappa shape index (κ1) is 16.3. The van der Waals surface area contributed by atoms with E-state index in [1.165, 1.54) is 12.1 Å². The number of halogens is 4. The van der Waals surface area contributed by atoms with Gasteiger partial charge < -0.3 is 9.84 Å².